The van der Waals surface area contributed by atoms with E-state index in [-0.39, 0.29) is 0 Å². The van der Waals surface area contributed by atoms with Gasteiger partial charge < -0.3 is 10.5 Å². The molecule has 2 aromatic rings. The van der Waals surface area contributed by atoms with Crippen molar-refractivity contribution in [3.05, 3.63) is 40.4 Å². The highest BCUT2D eigenvalue weighted by Crippen LogP contribution is 2.24. The third-order valence-corrected chi connectivity index (χ3v) is 3.66. The molecule has 0 spiro atoms. The molecular weight excluding hydrogens is 244 g/mol. The van der Waals surface area contributed by atoms with E-state index in [4.69, 9.17) is 10.5 Å². The van der Waals surface area contributed by atoms with Gasteiger partial charge in [0.15, 0.2) is 5.13 Å². The van der Waals surface area contributed by atoms with Crippen LogP contribution in [0.4, 0.5) is 5.13 Å². The minimum Gasteiger partial charge on any atom is -0.494 e. The number of hydrogen-bond donors (Lipinski definition) is 1. The second-order valence-corrected chi connectivity index (χ2v) is 5.14. The lowest BCUT2D eigenvalue weighted by Gasteiger charge is -2.04. The summed E-state index contributed by atoms with van der Waals surface area (Å²) in [5, 5.41) is 0.660. The second kappa shape index (κ2) is 5.87. The molecule has 18 heavy (non-hydrogen) atoms. The number of nitrogen functional groups attached to an aromatic ring is 1. The lowest BCUT2D eigenvalue weighted by Crippen LogP contribution is -1.93. The molecule has 3 nitrogen and oxygen atoms in total. The van der Waals surface area contributed by atoms with Gasteiger partial charge in [0.05, 0.1) is 12.3 Å². The molecule has 1 aromatic heterocycles. The molecule has 0 saturated heterocycles. The van der Waals surface area contributed by atoms with Gasteiger partial charge in [-0.3, -0.25) is 0 Å². The zero-order chi connectivity index (χ0) is 13.0. The first kappa shape index (κ1) is 12.9. The fourth-order valence-corrected chi connectivity index (χ4v) is 2.83. The van der Waals surface area contributed by atoms with E-state index in [0.29, 0.717) is 11.7 Å². The first-order valence-corrected chi connectivity index (χ1v) is 7.00. The number of hydrogen-bond acceptors (Lipinski definition) is 4. The van der Waals surface area contributed by atoms with Crippen LogP contribution in [-0.2, 0) is 12.8 Å². The third kappa shape index (κ3) is 3.01. The van der Waals surface area contributed by atoms with Crippen LogP contribution in [0.2, 0.25) is 0 Å². The first-order valence-electron chi connectivity index (χ1n) is 6.18. The van der Waals surface area contributed by atoms with Gasteiger partial charge in [0.25, 0.3) is 0 Å². The molecule has 0 bridgehead atoms. The summed E-state index contributed by atoms with van der Waals surface area (Å²) in [6.45, 7) is 4.79. The highest BCUT2D eigenvalue weighted by atomic mass is 32.1. The molecule has 1 heterocycles. The van der Waals surface area contributed by atoms with E-state index in [1.165, 1.54) is 10.4 Å². The number of rotatable bonds is 5. The lowest BCUT2D eigenvalue weighted by atomic mass is 10.1. The topological polar surface area (TPSA) is 48.1 Å². The van der Waals surface area contributed by atoms with Gasteiger partial charge in [-0.15, -0.1) is 11.3 Å². The standard InChI is InChI=1S/C14H18N2OS/c1-3-12-13(18-14(15)16-12)9-10-5-7-11(8-6-10)17-4-2/h5-8H,3-4,9H2,1-2H3,(H2,15,16). The number of aryl methyl sites for hydroxylation is 1. The Balaban J connectivity index is 2.12. The van der Waals surface area contributed by atoms with Gasteiger partial charge in [-0.25, -0.2) is 4.98 Å². The zero-order valence-electron chi connectivity index (χ0n) is 10.8. The number of anilines is 1. The van der Waals surface area contributed by atoms with Crippen molar-refractivity contribution in [2.45, 2.75) is 26.7 Å². The fraction of sp³-hybridized carbons (Fsp3) is 0.357. The van der Waals surface area contributed by atoms with Gasteiger partial charge in [0.1, 0.15) is 5.75 Å². The molecule has 0 unspecified atom stereocenters. The predicted octanol–water partition coefficient (Wildman–Crippen LogP) is 3.28. The number of aromatic nitrogens is 1. The number of nitrogens with zero attached hydrogens (tertiary/aromatic N) is 1. The molecular formula is C14H18N2OS. The average Bonchev–Trinajstić information content (AvgIpc) is 2.72. The maximum Gasteiger partial charge on any atom is 0.180 e. The molecule has 4 heteroatoms. The molecule has 0 radical (unpaired) electrons. The van der Waals surface area contributed by atoms with E-state index in [0.717, 1.165) is 24.3 Å². The average molecular weight is 262 g/mol. The highest BCUT2D eigenvalue weighted by Gasteiger charge is 2.08. The molecule has 0 aliphatic carbocycles. The quantitative estimate of drug-likeness (QED) is 0.899. The molecule has 2 N–H and O–H groups in total. The van der Waals surface area contributed by atoms with Crippen molar-refractivity contribution >= 4 is 16.5 Å². The monoisotopic (exact) mass is 262 g/mol. The van der Waals surface area contributed by atoms with Crippen LogP contribution in [0.25, 0.3) is 0 Å². The van der Waals surface area contributed by atoms with Crippen LogP contribution >= 0.6 is 11.3 Å². The van der Waals surface area contributed by atoms with Crippen LogP contribution in [0.15, 0.2) is 24.3 Å². The van der Waals surface area contributed by atoms with Gasteiger partial charge >= 0.3 is 0 Å². The summed E-state index contributed by atoms with van der Waals surface area (Å²) < 4.78 is 5.43. The van der Waals surface area contributed by atoms with E-state index in [9.17, 15) is 0 Å². The van der Waals surface area contributed by atoms with Gasteiger partial charge in [0.2, 0.25) is 0 Å². The molecule has 0 fully saturated rings. The van der Waals surface area contributed by atoms with Crippen LogP contribution in [0.1, 0.15) is 30.0 Å². The van der Waals surface area contributed by atoms with E-state index < -0.39 is 0 Å². The smallest absolute Gasteiger partial charge is 0.180 e. The van der Waals surface area contributed by atoms with Crippen molar-refractivity contribution in [3.63, 3.8) is 0 Å². The number of ether oxygens (including phenoxy) is 1. The number of thiazole rings is 1. The van der Waals surface area contributed by atoms with Crippen molar-refractivity contribution < 1.29 is 4.74 Å². The summed E-state index contributed by atoms with van der Waals surface area (Å²) in [6.07, 6.45) is 1.82. The van der Waals surface area contributed by atoms with E-state index in [1.807, 2.05) is 19.1 Å². The van der Waals surface area contributed by atoms with E-state index >= 15 is 0 Å². The summed E-state index contributed by atoms with van der Waals surface area (Å²) in [5.74, 6) is 0.917. The lowest BCUT2D eigenvalue weighted by molar-refractivity contribution is 0.340. The van der Waals surface area contributed by atoms with Crippen LogP contribution in [0.3, 0.4) is 0 Å². The summed E-state index contributed by atoms with van der Waals surface area (Å²) in [7, 11) is 0. The summed E-state index contributed by atoms with van der Waals surface area (Å²) in [5.41, 5.74) is 8.14. The molecule has 1 aromatic carbocycles. The number of nitrogens with two attached hydrogens (primary N) is 1. The minimum atomic E-state index is 0.660. The summed E-state index contributed by atoms with van der Waals surface area (Å²) in [4.78, 5) is 5.61. The van der Waals surface area contributed by atoms with Crippen molar-refractivity contribution in [1.29, 1.82) is 0 Å². The molecule has 0 amide bonds. The zero-order valence-corrected chi connectivity index (χ0v) is 11.6. The van der Waals surface area contributed by atoms with Crippen LogP contribution < -0.4 is 10.5 Å². The summed E-state index contributed by atoms with van der Waals surface area (Å²) in [6, 6.07) is 8.21. The molecule has 0 saturated carbocycles. The molecule has 0 aliphatic rings. The van der Waals surface area contributed by atoms with Crippen molar-refractivity contribution in [1.82, 2.24) is 4.98 Å². The van der Waals surface area contributed by atoms with E-state index in [2.05, 4.69) is 24.0 Å². The maximum absolute atomic E-state index is 5.76. The molecule has 96 valence electrons. The third-order valence-electron chi connectivity index (χ3n) is 2.73. The second-order valence-electron chi connectivity index (χ2n) is 4.03. The molecule has 0 atom stereocenters. The fourth-order valence-electron chi connectivity index (χ4n) is 1.87. The normalized spacial score (nSPS) is 10.6. The first-order chi connectivity index (χ1) is 8.72. The van der Waals surface area contributed by atoms with Crippen LogP contribution in [0, 0.1) is 0 Å². The Hall–Kier alpha value is -1.55. The molecule has 0 aliphatic heterocycles. The summed E-state index contributed by atoms with van der Waals surface area (Å²) >= 11 is 1.58. The van der Waals surface area contributed by atoms with Gasteiger partial charge in [-0.05, 0) is 31.0 Å². The van der Waals surface area contributed by atoms with Crippen LogP contribution in [-0.4, -0.2) is 11.6 Å². The predicted molar refractivity (Wildman–Crippen MR) is 76.3 cm³/mol. The molecule has 2 rings (SSSR count). The Morgan fingerprint density at radius 3 is 2.56 bits per heavy atom. The Kier molecular flexibility index (Phi) is 4.20. The Labute approximate surface area is 112 Å². The van der Waals surface area contributed by atoms with E-state index in [1.54, 1.807) is 11.3 Å². The Morgan fingerprint density at radius 1 is 1.22 bits per heavy atom. The minimum absolute atomic E-state index is 0.660. The van der Waals surface area contributed by atoms with Gasteiger partial charge in [-0.1, -0.05) is 19.1 Å². The van der Waals surface area contributed by atoms with Crippen molar-refractivity contribution in [2.75, 3.05) is 12.3 Å². The highest BCUT2D eigenvalue weighted by molar-refractivity contribution is 7.15. The van der Waals surface area contributed by atoms with Gasteiger partial charge in [0, 0.05) is 11.3 Å². The Morgan fingerprint density at radius 2 is 1.94 bits per heavy atom. The Bertz CT molecular complexity index is 505. The largest absolute Gasteiger partial charge is 0.494 e. The van der Waals surface area contributed by atoms with Crippen molar-refractivity contribution in [3.8, 4) is 5.75 Å². The maximum atomic E-state index is 5.76. The SMILES string of the molecule is CCOc1ccc(Cc2sc(N)nc2CC)cc1. The van der Waals surface area contributed by atoms with Crippen LogP contribution in [0.5, 0.6) is 5.75 Å². The van der Waals surface area contributed by atoms with Crippen molar-refractivity contribution in [2.24, 2.45) is 0 Å². The van der Waals surface area contributed by atoms with Gasteiger partial charge in [-0.2, -0.15) is 0 Å². The number of benzene rings is 1.